The molecule has 1 saturated heterocycles. The molecule has 1 aliphatic rings. The molecule has 1 unspecified atom stereocenters. The number of likely N-dealkylation sites (tertiary alicyclic amines) is 1. The minimum absolute atomic E-state index is 0.00513. The summed E-state index contributed by atoms with van der Waals surface area (Å²) in [5.74, 6) is 0.749. The summed E-state index contributed by atoms with van der Waals surface area (Å²) in [7, 11) is 1.51. The van der Waals surface area contributed by atoms with E-state index in [1.54, 1.807) is 36.1 Å². The van der Waals surface area contributed by atoms with Gasteiger partial charge in [-0.25, -0.2) is 9.89 Å². The number of H-pyrrole nitrogens is 2. The van der Waals surface area contributed by atoms with Crippen LogP contribution >= 0.6 is 0 Å². The van der Waals surface area contributed by atoms with E-state index >= 15 is 0 Å². The normalized spacial score (nSPS) is 15.7. The van der Waals surface area contributed by atoms with E-state index < -0.39 is 11.7 Å². The molecule has 3 rings (SSSR count). The molecule has 10 heteroatoms. The monoisotopic (exact) mass is 403 g/mol. The van der Waals surface area contributed by atoms with Crippen LogP contribution in [0.5, 0.6) is 5.75 Å². The Morgan fingerprint density at radius 2 is 1.97 bits per heavy atom. The predicted octanol–water partition coefficient (Wildman–Crippen LogP) is 0.605. The number of hydrogen-bond donors (Lipinski definition) is 3. The second-order valence-corrected chi connectivity index (χ2v) is 6.91. The Hall–Kier alpha value is -3.14. The first-order chi connectivity index (χ1) is 14.0. The van der Waals surface area contributed by atoms with Gasteiger partial charge < -0.3 is 19.7 Å². The highest BCUT2D eigenvalue weighted by molar-refractivity contribution is 5.94. The first-order valence-electron chi connectivity index (χ1n) is 9.45. The molecule has 1 aliphatic heterocycles. The number of hydrogen-bond acceptors (Lipinski definition) is 6. The molecule has 0 saturated carbocycles. The van der Waals surface area contributed by atoms with Gasteiger partial charge in [-0.1, -0.05) is 0 Å². The van der Waals surface area contributed by atoms with Gasteiger partial charge in [0.2, 0.25) is 5.91 Å². The van der Waals surface area contributed by atoms with Crippen molar-refractivity contribution in [2.24, 2.45) is 0 Å². The van der Waals surface area contributed by atoms with Gasteiger partial charge in [0, 0.05) is 38.6 Å². The van der Waals surface area contributed by atoms with Gasteiger partial charge in [-0.05, 0) is 31.2 Å². The average Bonchev–Trinajstić information content (AvgIpc) is 3.16. The van der Waals surface area contributed by atoms with Crippen LogP contribution in [0.25, 0.3) is 0 Å². The largest absolute Gasteiger partial charge is 0.490 e. The van der Waals surface area contributed by atoms with Crippen molar-refractivity contribution in [2.45, 2.75) is 31.9 Å². The molecule has 0 bridgehead atoms. The molecule has 29 heavy (non-hydrogen) atoms. The highest BCUT2D eigenvalue weighted by Gasteiger charge is 2.23. The van der Waals surface area contributed by atoms with Crippen LogP contribution in [-0.2, 0) is 9.53 Å². The van der Waals surface area contributed by atoms with Crippen LogP contribution in [0, 0.1) is 0 Å². The lowest BCUT2D eigenvalue weighted by Gasteiger charge is -2.32. The molecule has 0 radical (unpaired) electrons. The number of benzene rings is 1. The Kier molecular flexibility index (Phi) is 6.65. The molecule has 10 nitrogen and oxygen atoms in total. The molecule has 2 amide bonds. The van der Waals surface area contributed by atoms with Crippen molar-refractivity contribution >= 4 is 11.8 Å². The lowest BCUT2D eigenvalue weighted by atomic mass is 10.1. The van der Waals surface area contributed by atoms with Crippen LogP contribution in [0.3, 0.4) is 0 Å². The molecule has 0 aliphatic carbocycles. The molecular weight excluding hydrogens is 378 g/mol. The minimum atomic E-state index is -0.441. The van der Waals surface area contributed by atoms with Crippen molar-refractivity contribution in [2.75, 3.05) is 26.8 Å². The number of piperidine rings is 1. The van der Waals surface area contributed by atoms with Gasteiger partial charge in [-0.3, -0.25) is 14.6 Å². The number of carbonyl (C=O) groups excluding carboxylic acids is 2. The van der Waals surface area contributed by atoms with Gasteiger partial charge in [-0.15, -0.1) is 0 Å². The molecule has 2 aromatic rings. The summed E-state index contributed by atoms with van der Waals surface area (Å²) in [5.41, 5.74) is 0.0542. The van der Waals surface area contributed by atoms with Crippen molar-refractivity contribution < 1.29 is 19.1 Å². The third-order valence-corrected chi connectivity index (χ3v) is 4.76. The lowest BCUT2D eigenvalue weighted by Crippen LogP contribution is -2.43. The van der Waals surface area contributed by atoms with E-state index in [1.165, 1.54) is 7.11 Å². The smallest absolute Gasteiger partial charge is 0.340 e. The standard InChI is InChI=1S/C19H25N5O5/c1-12(17-21-19(27)23-22-17)20-18(26)13-3-5-14(6-4-13)29-15-7-9-24(10-8-15)16(25)11-28-2/h3-6,12,15H,7-11H2,1-2H3,(H,20,26)(H2,21,22,23,27). The Morgan fingerprint density at radius 3 is 2.55 bits per heavy atom. The molecule has 3 N–H and O–H groups in total. The molecule has 2 heterocycles. The van der Waals surface area contributed by atoms with E-state index in [1.807, 2.05) is 0 Å². The molecule has 156 valence electrons. The van der Waals surface area contributed by atoms with Crippen molar-refractivity contribution in [3.05, 3.63) is 46.1 Å². The van der Waals surface area contributed by atoms with Crippen LogP contribution in [-0.4, -0.2) is 64.8 Å². The molecular formula is C19H25N5O5. The predicted molar refractivity (Wildman–Crippen MR) is 104 cm³/mol. The summed E-state index contributed by atoms with van der Waals surface area (Å²) in [6, 6.07) is 6.42. The first-order valence-corrected chi connectivity index (χ1v) is 9.45. The maximum atomic E-state index is 12.4. The van der Waals surface area contributed by atoms with Crippen LogP contribution in [0.1, 0.15) is 42.0 Å². The van der Waals surface area contributed by atoms with Gasteiger partial charge in [0.25, 0.3) is 5.91 Å². The van der Waals surface area contributed by atoms with Gasteiger partial charge in [-0.2, -0.15) is 5.10 Å². The zero-order chi connectivity index (χ0) is 20.8. The van der Waals surface area contributed by atoms with Crippen molar-refractivity contribution in [1.82, 2.24) is 25.4 Å². The number of ether oxygens (including phenoxy) is 2. The van der Waals surface area contributed by atoms with Crippen molar-refractivity contribution in [3.8, 4) is 5.75 Å². The second-order valence-electron chi connectivity index (χ2n) is 6.91. The summed E-state index contributed by atoms with van der Waals surface area (Å²) in [6.45, 7) is 3.11. The number of rotatable bonds is 7. The molecule has 1 fully saturated rings. The van der Waals surface area contributed by atoms with Crippen LogP contribution < -0.4 is 15.7 Å². The fourth-order valence-electron chi connectivity index (χ4n) is 3.15. The van der Waals surface area contributed by atoms with Gasteiger partial charge in [0.05, 0.1) is 6.04 Å². The molecule has 1 aromatic carbocycles. The van der Waals surface area contributed by atoms with Gasteiger partial charge in [0.1, 0.15) is 18.5 Å². The zero-order valence-corrected chi connectivity index (χ0v) is 16.4. The fraction of sp³-hybridized carbons (Fsp3) is 0.474. The lowest BCUT2D eigenvalue weighted by molar-refractivity contribution is -0.136. The maximum absolute atomic E-state index is 12.4. The van der Waals surface area contributed by atoms with E-state index in [0.717, 1.165) is 12.8 Å². The van der Waals surface area contributed by atoms with Crippen molar-refractivity contribution in [1.29, 1.82) is 0 Å². The average molecular weight is 403 g/mol. The van der Waals surface area contributed by atoms with E-state index in [9.17, 15) is 14.4 Å². The third kappa shape index (κ3) is 5.44. The number of aromatic nitrogens is 3. The summed E-state index contributed by atoms with van der Waals surface area (Å²) in [6.07, 6.45) is 1.52. The quantitative estimate of drug-likeness (QED) is 0.621. The molecule has 1 atom stereocenters. The topological polar surface area (TPSA) is 129 Å². The SMILES string of the molecule is COCC(=O)N1CCC(Oc2ccc(C(=O)NC(C)c3n[nH]c(=O)[nH]3)cc2)CC1. The van der Waals surface area contributed by atoms with E-state index in [2.05, 4.69) is 20.5 Å². The number of aromatic amines is 2. The van der Waals surface area contributed by atoms with E-state index in [4.69, 9.17) is 9.47 Å². The fourth-order valence-corrected chi connectivity index (χ4v) is 3.15. The van der Waals surface area contributed by atoms with Crippen LogP contribution in [0.2, 0.25) is 0 Å². The molecule has 0 spiro atoms. The highest BCUT2D eigenvalue weighted by atomic mass is 16.5. The maximum Gasteiger partial charge on any atom is 0.340 e. The van der Waals surface area contributed by atoms with Gasteiger partial charge >= 0.3 is 5.69 Å². The number of carbonyl (C=O) groups is 2. The van der Waals surface area contributed by atoms with Crippen LogP contribution in [0.4, 0.5) is 0 Å². The number of methoxy groups -OCH3 is 1. The first kappa shape index (κ1) is 20.6. The minimum Gasteiger partial charge on any atom is -0.490 e. The van der Waals surface area contributed by atoms with Crippen molar-refractivity contribution in [3.63, 3.8) is 0 Å². The summed E-state index contributed by atoms with van der Waals surface area (Å²) in [4.78, 5) is 39.6. The molecule has 1 aromatic heterocycles. The Morgan fingerprint density at radius 1 is 1.28 bits per heavy atom. The number of nitrogens with one attached hydrogen (secondary N) is 3. The van der Waals surface area contributed by atoms with E-state index in [-0.39, 0.29) is 24.5 Å². The third-order valence-electron chi connectivity index (χ3n) is 4.76. The van der Waals surface area contributed by atoms with Crippen LogP contribution in [0.15, 0.2) is 29.1 Å². The zero-order valence-electron chi connectivity index (χ0n) is 16.4. The number of nitrogens with zero attached hydrogens (tertiary/aromatic N) is 2. The Labute approximate surface area is 167 Å². The second kappa shape index (κ2) is 9.37. The summed E-state index contributed by atoms with van der Waals surface area (Å²) >= 11 is 0. The van der Waals surface area contributed by atoms with E-state index in [0.29, 0.717) is 30.2 Å². The van der Waals surface area contributed by atoms with Gasteiger partial charge in [0.15, 0.2) is 5.82 Å². The highest BCUT2D eigenvalue weighted by Crippen LogP contribution is 2.20. The summed E-state index contributed by atoms with van der Waals surface area (Å²) < 4.78 is 10.9. The Bertz CT molecular complexity index is 883. The number of amides is 2. The Balaban J connectivity index is 1.49. The summed E-state index contributed by atoms with van der Waals surface area (Å²) in [5, 5.41) is 8.85.